The molecule has 0 bridgehead atoms. The van der Waals surface area contributed by atoms with Gasteiger partial charge in [-0.05, 0) is 54.8 Å². The largest absolute Gasteiger partial charge is 0.457 e. The topological polar surface area (TPSA) is 67.2 Å². The van der Waals surface area contributed by atoms with Crippen LogP contribution in [0.5, 0.6) is 11.5 Å². The highest BCUT2D eigenvalue weighted by Crippen LogP contribution is 2.35. The van der Waals surface area contributed by atoms with Crippen molar-refractivity contribution in [2.45, 2.75) is 19.4 Å². The van der Waals surface area contributed by atoms with Crippen LogP contribution in [-0.2, 0) is 11.2 Å². The third kappa shape index (κ3) is 4.65. The molecule has 1 aliphatic heterocycles. The molecule has 1 unspecified atom stereocenters. The molecule has 1 aromatic heterocycles. The average Bonchev–Trinajstić information content (AvgIpc) is 2.75. The minimum Gasteiger partial charge on any atom is -0.457 e. The number of morpholine rings is 1. The van der Waals surface area contributed by atoms with Gasteiger partial charge in [-0.25, -0.2) is 4.39 Å². The summed E-state index contributed by atoms with van der Waals surface area (Å²) in [5, 5.41) is 12.4. The van der Waals surface area contributed by atoms with E-state index in [1.807, 2.05) is 37.3 Å². The predicted octanol–water partition coefficient (Wildman–Crippen LogP) is 4.39. The third-order valence-electron chi connectivity index (χ3n) is 5.01. The Kier molecular flexibility index (Phi) is 6.03. The van der Waals surface area contributed by atoms with Gasteiger partial charge in [0.05, 0.1) is 18.3 Å². The monoisotopic (exact) mass is 403 g/mol. The molecular weight excluding hydrogens is 381 g/mol. The molecule has 2 heterocycles. The van der Waals surface area contributed by atoms with Crippen LogP contribution in [0.1, 0.15) is 16.8 Å². The van der Waals surface area contributed by atoms with E-state index in [4.69, 9.17) is 14.7 Å². The molecule has 1 atom stereocenters. The summed E-state index contributed by atoms with van der Waals surface area (Å²) >= 11 is 0. The molecule has 152 valence electrons. The summed E-state index contributed by atoms with van der Waals surface area (Å²) in [6.45, 7) is 4.26. The van der Waals surface area contributed by atoms with Crippen LogP contribution < -0.4 is 10.1 Å². The number of rotatable bonds is 5. The summed E-state index contributed by atoms with van der Waals surface area (Å²) in [4.78, 5) is 4.19. The second kappa shape index (κ2) is 9.04. The molecule has 2 aromatic carbocycles. The van der Waals surface area contributed by atoms with E-state index in [0.717, 1.165) is 36.3 Å². The van der Waals surface area contributed by atoms with Gasteiger partial charge in [-0.15, -0.1) is 0 Å². The fourth-order valence-electron chi connectivity index (χ4n) is 3.52. The quantitative estimate of drug-likeness (QED) is 0.684. The molecule has 0 spiro atoms. The summed E-state index contributed by atoms with van der Waals surface area (Å²) in [7, 11) is 0. The number of pyridine rings is 1. The van der Waals surface area contributed by atoms with Crippen molar-refractivity contribution in [2.24, 2.45) is 0 Å². The molecule has 1 N–H and O–H groups in total. The first-order chi connectivity index (χ1) is 14.6. The number of halogens is 1. The van der Waals surface area contributed by atoms with Gasteiger partial charge in [0.1, 0.15) is 23.4 Å². The van der Waals surface area contributed by atoms with Gasteiger partial charge in [0.2, 0.25) is 0 Å². The van der Waals surface area contributed by atoms with Gasteiger partial charge < -0.3 is 14.8 Å². The minimum atomic E-state index is -0.550. The SMILES string of the molecule is Cc1cc(Oc2ccc(CC3CNCCO3)cc2-c2ccc(C#N)c(F)c2)ccn1. The zero-order valence-electron chi connectivity index (χ0n) is 16.7. The highest BCUT2D eigenvalue weighted by atomic mass is 19.1. The first-order valence-electron chi connectivity index (χ1n) is 9.88. The second-order valence-corrected chi connectivity index (χ2v) is 7.27. The molecule has 1 saturated heterocycles. The van der Waals surface area contributed by atoms with Gasteiger partial charge in [-0.1, -0.05) is 12.1 Å². The zero-order chi connectivity index (χ0) is 20.9. The van der Waals surface area contributed by atoms with Gasteiger partial charge in [-0.2, -0.15) is 5.26 Å². The molecule has 4 rings (SSSR count). The lowest BCUT2D eigenvalue weighted by Gasteiger charge is -2.24. The lowest BCUT2D eigenvalue weighted by Crippen LogP contribution is -2.39. The molecule has 1 aliphatic rings. The summed E-state index contributed by atoms with van der Waals surface area (Å²) in [6, 6.07) is 16.0. The highest BCUT2D eigenvalue weighted by molar-refractivity contribution is 5.72. The first-order valence-corrected chi connectivity index (χ1v) is 9.88. The molecule has 30 heavy (non-hydrogen) atoms. The van der Waals surface area contributed by atoms with E-state index in [-0.39, 0.29) is 11.7 Å². The van der Waals surface area contributed by atoms with Gasteiger partial charge in [0.25, 0.3) is 0 Å². The van der Waals surface area contributed by atoms with E-state index in [1.54, 1.807) is 18.3 Å². The highest BCUT2D eigenvalue weighted by Gasteiger charge is 2.17. The normalized spacial score (nSPS) is 16.1. The third-order valence-corrected chi connectivity index (χ3v) is 5.01. The fraction of sp³-hybridized carbons (Fsp3) is 0.250. The van der Waals surface area contributed by atoms with Crippen molar-refractivity contribution in [1.82, 2.24) is 10.3 Å². The Morgan fingerprint density at radius 1 is 1.23 bits per heavy atom. The van der Waals surface area contributed by atoms with Crippen LogP contribution in [0, 0.1) is 24.1 Å². The lowest BCUT2D eigenvalue weighted by atomic mass is 9.98. The molecule has 0 saturated carbocycles. The Morgan fingerprint density at radius 3 is 2.87 bits per heavy atom. The first kappa shape index (κ1) is 20.0. The molecule has 3 aromatic rings. The predicted molar refractivity (Wildman–Crippen MR) is 112 cm³/mol. The van der Waals surface area contributed by atoms with Crippen molar-refractivity contribution < 1.29 is 13.9 Å². The number of nitrogens with zero attached hydrogens (tertiary/aromatic N) is 2. The van der Waals surface area contributed by atoms with Crippen molar-refractivity contribution in [3.8, 4) is 28.7 Å². The van der Waals surface area contributed by atoms with Gasteiger partial charge in [-0.3, -0.25) is 4.98 Å². The summed E-state index contributed by atoms with van der Waals surface area (Å²) < 4.78 is 26.3. The van der Waals surface area contributed by atoms with E-state index < -0.39 is 5.82 Å². The second-order valence-electron chi connectivity index (χ2n) is 7.27. The van der Waals surface area contributed by atoms with Crippen LogP contribution in [0.3, 0.4) is 0 Å². The maximum Gasteiger partial charge on any atom is 0.141 e. The number of nitrogens with one attached hydrogen (secondary N) is 1. The molecule has 0 amide bonds. The van der Waals surface area contributed by atoms with E-state index in [1.165, 1.54) is 12.1 Å². The maximum absolute atomic E-state index is 14.3. The van der Waals surface area contributed by atoms with Crippen molar-refractivity contribution in [1.29, 1.82) is 5.26 Å². The standard InChI is InChI=1S/C24H22FN3O2/c1-16-10-20(6-7-28-16)30-24-5-2-17(11-21-15-27-8-9-29-21)12-22(24)18-3-4-19(14-26)23(25)13-18/h2-7,10,12-13,21,27H,8-9,11,15H2,1H3. The minimum absolute atomic E-state index is 0.0174. The van der Waals surface area contributed by atoms with Crippen molar-refractivity contribution in [2.75, 3.05) is 19.7 Å². The van der Waals surface area contributed by atoms with Crippen LogP contribution >= 0.6 is 0 Å². The number of aryl methyl sites for hydroxylation is 1. The molecule has 1 fully saturated rings. The number of hydrogen-bond donors (Lipinski definition) is 1. The van der Waals surface area contributed by atoms with Gasteiger partial charge >= 0.3 is 0 Å². The van der Waals surface area contributed by atoms with E-state index in [2.05, 4.69) is 10.3 Å². The maximum atomic E-state index is 14.3. The Bertz CT molecular complexity index is 1090. The van der Waals surface area contributed by atoms with Crippen LogP contribution in [-0.4, -0.2) is 30.8 Å². The molecule has 0 aliphatic carbocycles. The van der Waals surface area contributed by atoms with Crippen LogP contribution in [0.25, 0.3) is 11.1 Å². The lowest BCUT2D eigenvalue weighted by molar-refractivity contribution is 0.0292. The van der Waals surface area contributed by atoms with Crippen molar-refractivity contribution >= 4 is 0 Å². The molecule has 6 heteroatoms. The Labute approximate surface area is 175 Å². The van der Waals surface area contributed by atoms with Crippen LogP contribution in [0.15, 0.2) is 54.7 Å². The van der Waals surface area contributed by atoms with Gasteiger partial charge in [0.15, 0.2) is 0 Å². The summed E-state index contributed by atoms with van der Waals surface area (Å²) in [5.41, 5.74) is 3.34. The smallest absolute Gasteiger partial charge is 0.141 e. The Hall–Kier alpha value is -3.27. The molecular formula is C24H22FN3O2. The number of nitriles is 1. The van der Waals surface area contributed by atoms with E-state index >= 15 is 0 Å². The van der Waals surface area contributed by atoms with Crippen LogP contribution in [0.2, 0.25) is 0 Å². The van der Waals surface area contributed by atoms with E-state index in [0.29, 0.717) is 23.7 Å². The number of aromatic nitrogens is 1. The van der Waals surface area contributed by atoms with Gasteiger partial charge in [0, 0.05) is 36.6 Å². The molecule has 0 radical (unpaired) electrons. The van der Waals surface area contributed by atoms with Crippen molar-refractivity contribution in [3.63, 3.8) is 0 Å². The average molecular weight is 403 g/mol. The number of ether oxygens (including phenoxy) is 2. The number of hydrogen-bond acceptors (Lipinski definition) is 5. The fourth-order valence-corrected chi connectivity index (χ4v) is 3.52. The Morgan fingerprint density at radius 2 is 2.13 bits per heavy atom. The molecule has 5 nitrogen and oxygen atoms in total. The van der Waals surface area contributed by atoms with Crippen molar-refractivity contribution in [3.05, 3.63) is 77.4 Å². The summed E-state index contributed by atoms with van der Waals surface area (Å²) in [5.74, 6) is 0.715. The zero-order valence-corrected chi connectivity index (χ0v) is 16.7. The van der Waals surface area contributed by atoms with E-state index in [9.17, 15) is 4.39 Å². The van der Waals surface area contributed by atoms with Crippen LogP contribution in [0.4, 0.5) is 4.39 Å². The Balaban J connectivity index is 1.71. The number of benzene rings is 2. The summed E-state index contributed by atoms with van der Waals surface area (Å²) in [6.07, 6.45) is 2.53.